The summed E-state index contributed by atoms with van der Waals surface area (Å²) in [5, 5.41) is 0. The van der Waals surface area contributed by atoms with Gasteiger partial charge >= 0.3 is 0 Å². The Kier molecular flexibility index (Phi) is 5.89. The lowest BCUT2D eigenvalue weighted by molar-refractivity contribution is 0.484. The first-order valence-corrected chi connectivity index (χ1v) is 7.98. The van der Waals surface area contributed by atoms with Gasteiger partial charge in [0.2, 0.25) is 0 Å². The highest BCUT2D eigenvalue weighted by Crippen LogP contribution is 2.34. The summed E-state index contributed by atoms with van der Waals surface area (Å²) >= 11 is 0. The molecule has 0 fully saturated rings. The first-order chi connectivity index (χ1) is 5.95. The number of hydrogen-bond acceptors (Lipinski definition) is 1. The van der Waals surface area contributed by atoms with Crippen LogP contribution in [-0.2, 0) is 0 Å². The minimum absolute atomic E-state index is 0.504. The fourth-order valence-electron chi connectivity index (χ4n) is 1.90. The van der Waals surface area contributed by atoms with Crippen molar-refractivity contribution in [2.24, 2.45) is 0 Å². The van der Waals surface area contributed by atoms with E-state index >= 15 is 0 Å². The zero-order valence-electron chi connectivity index (χ0n) is 9.93. The van der Waals surface area contributed by atoms with Crippen molar-refractivity contribution in [2.45, 2.75) is 71.0 Å². The van der Waals surface area contributed by atoms with Crippen molar-refractivity contribution >= 4 is 8.32 Å². The van der Waals surface area contributed by atoms with E-state index in [9.17, 15) is 4.80 Å². The molecule has 80 valence electrons. The van der Waals surface area contributed by atoms with Crippen LogP contribution in [0.25, 0.3) is 0 Å². The first kappa shape index (κ1) is 13.2. The summed E-state index contributed by atoms with van der Waals surface area (Å²) in [5.41, 5.74) is 1.01. The highest BCUT2D eigenvalue weighted by molar-refractivity contribution is 6.75. The van der Waals surface area contributed by atoms with Crippen molar-refractivity contribution in [1.82, 2.24) is 0 Å². The van der Waals surface area contributed by atoms with Gasteiger partial charge in [0.05, 0.1) is 0 Å². The maximum atomic E-state index is 10.5. The Morgan fingerprint density at radius 2 is 1.46 bits per heavy atom. The van der Waals surface area contributed by atoms with Gasteiger partial charge in [-0.15, -0.1) is 0 Å². The molecular weight excluding hydrogens is 176 g/mol. The third-order valence-electron chi connectivity index (χ3n) is 3.18. The van der Waals surface area contributed by atoms with Gasteiger partial charge in [-0.05, 0) is 17.1 Å². The smallest absolute Gasteiger partial charge is 0.193 e. The molecule has 0 unspecified atom stereocenters. The molecule has 0 atom stereocenters. The topological polar surface area (TPSA) is 20.2 Å². The molecule has 0 heterocycles. The van der Waals surface area contributed by atoms with Crippen LogP contribution in [0, 0.1) is 0 Å². The van der Waals surface area contributed by atoms with Crippen molar-refractivity contribution < 1.29 is 4.80 Å². The lowest BCUT2D eigenvalue weighted by Gasteiger charge is -2.33. The zero-order valence-corrected chi connectivity index (χ0v) is 10.9. The van der Waals surface area contributed by atoms with Crippen LogP contribution in [-0.4, -0.2) is 13.1 Å². The molecule has 2 heteroatoms. The summed E-state index contributed by atoms with van der Waals surface area (Å²) in [5.74, 6) is 0. The number of rotatable bonds is 6. The van der Waals surface area contributed by atoms with Crippen molar-refractivity contribution in [2.75, 3.05) is 0 Å². The average Bonchev–Trinajstić information content (AvgIpc) is 2.03. The summed E-state index contributed by atoms with van der Waals surface area (Å²) in [6.45, 7) is 10.9. The van der Waals surface area contributed by atoms with Crippen LogP contribution in [0.1, 0.15) is 53.9 Å². The Bertz CT molecular complexity index is 124. The third kappa shape index (κ3) is 3.82. The molecule has 0 aliphatic heterocycles. The van der Waals surface area contributed by atoms with Crippen LogP contribution < -0.4 is 0 Å². The summed E-state index contributed by atoms with van der Waals surface area (Å²) < 4.78 is 0. The minimum atomic E-state index is -1.94. The molecule has 0 aliphatic rings. The highest BCUT2D eigenvalue weighted by atomic mass is 28.4. The molecule has 13 heavy (non-hydrogen) atoms. The molecular formula is C11H26OSi. The Morgan fingerprint density at radius 3 is 1.77 bits per heavy atom. The third-order valence-corrected chi connectivity index (χ3v) is 8.33. The van der Waals surface area contributed by atoms with Crippen LogP contribution in [0.2, 0.25) is 17.1 Å². The summed E-state index contributed by atoms with van der Waals surface area (Å²) in [6, 6.07) is 1.09. The molecule has 0 spiro atoms. The van der Waals surface area contributed by atoms with E-state index in [4.69, 9.17) is 0 Å². The second-order valence-corrected chi connectivity index (χ2v) is 9.55. The SMILES string of the molecule is CCCCC[Si](O)(C(C)C)C(C)C. The van der Waals surface area contributed by atoms with Crippen molar-refractivity contribution in [3.05, 3.63) is 0 Å². The molecule has 0 aromatic heterocycles. The van der Waals surface area contributed by atoms with Gasteiger partial charge in [-0.1, -0.05) is 53.9 Å². The van der Waals surface area contributed by atoms with Gasteiger partial charge < -0.3 is 4.80 Å². The second-order valence-electron chi connectivity index (χ2n) is 4.76. The van der Waals surface area contributed by atoms with E-state index < -0.39 is 8.32 Å². The summed E-state index contributed by atoms with van der Waals surface area (Å²) in [7, 11) is -1.94. The summed E-state index contributed by atoms with van der Waals surface area (Å²) in [6.07, 6.45) is 3.74. The molecule has 0 aromatic rings. The van der Waals surface area contributed by atoms with Gasteiger partial charge in [0.1, 0.15) is 0 Å². The predicted octanol–water partition coefficient (Wildman–Crippen LogP) is 3.93. The number of hydrogen-bond donors (Lipinski definition) is 1. The zero-order chi connectivity index (χ0) is 10.5. The van der Waals surface area contributed by atoms with E-state index in [1.807, 2.05) is 0 Å². The van der Waals surface area contributed by atoms with E-state index in [2.05, 4.69) is 34.6 Å². The molecule has 1 nitrogen and oxygen atoms in total. The molecule has 0 radical (unpaired) electrons. The number of unbranched alkanes of at least 4 members (excludes halogenated alkanes) is 2. The van der Waals surface area contributed by atoms with Crippen molar-refractivity contribution in [1.29, 1.82) is 0 Å². The van der Waals surface area contributed by atoms with E-state index in [1.165, 1.54) is 19.3 Å². The van der Waals surface area contributed by atoms with Crippen LogP contribution in [0.5, 0.6) is 0 Å². The highest BCUT2D eigenvalue weighted by Gasteiger charge is 2.37. The monoisotopic (exact) mass is 202 g/mol. The Labute approximate surface area is 84.7 Å². The molecule has 0 saturated heterocycles. The molecule has 1 N–H and O–H groups in total. The maximum Gasteiger partial charge on any atom is 0.193 e. The largest absolute Gasteiger partial charge is 0.431 e. The standard InChI is InChI=1S/C11H26OSi/c1-6-7-8-9-13(12,10(2)3)11(4)5/h10-12H,6-9H2,1-5H3. The van der Waals surface area contributed by atoms with Gasteiger partial charge in [-0.3, -0.25) is 0 Å². The fraction of sp³-hybridized carbons (Fsp3) is 1.00. The van der Waals surface area contributed by atoms with E-state index in [0.29, 0.717) is 11.1 Å². The Morgan fingerprint density at radius 1 is 1.00 bits per heavy atom. The van der Waals surface area contributed by atoms with Gasteiger partial charge in [0.15, 0.2) is 8.32 Å². The molecule has 0 saturated carbocycles. The van der Waals surface area contributed by atoms with Gasteiger partial charge in [-0.25, -0.2) is 0 Å². The second kappa shape index (κ2) is 5.81. The van der Waals surface area contributed by atoms with Crippen LogP contribution in [0.4, 0.5) is 0 Å². The van der Waals surface area contributed by atoms with Gasteiger partial charge in [-0.2, -0.15) is 0 Å². The van der Waals surface area contributed by atoms with Crippen LogP contribution in [0.3, 0.4) is 0 Å². The lowest BCUT2D eigenvalue weighted by Crippen LogP contribution is -2.41. The summed E-state index contributed by atoms with van der Waals surface area (Å²) in [4.78, 5) is 10.5. The van der Waals surface area contributed by atoms with Crippen molar-refractivity contribution in [3.63, 3.8) is 0 Å². The molecule has 0 rings (SSSR count). The molecule has 0 aliphatic carbocycles. The minimum Gasteiger partial charge on any atom is -0.431 e. The van der Waals surface area contributed by atoms with Gasteiger partial charge in [0, 0.05) is 0 Å². The predicted molar refractivity (Wildman–Crippen MR) is 62.5 cm³/mol. The average molecular weight is 202 g/mol. The maximum absolute atomic E-state index is 10.5. The van der Waals surface area contributed by atoms with Crippen LogP contribution in [0.15, 0.2) is 0 Å². The normalized spacial score (nSPS) is 12.9. The molecule has 0 bridgehead atoms. The van der Waals surface area contributed by atoms with Gasteiger partial charge in [0.25, 0.3) is 0 Å². The van der Waals surface area contributed by atoms with Crippen LogP contribution >= 0.6 is 0 Å². The molecule has 0 aromatic carbocycles. The quantitative estimate of drug-likeness (QED) is 0.511. The molecule has 0 amide bonds. The van der Waals surface area contributed by atoms with Crippen molar-refractivity contribution in [3.8, 4) is 0 Å². The van der Waals surface area contributed by atoms with E-state index in [-0.39, 0.29) is 0 Å². The Hall–Kier alpha value is 0.177. The first-order valence-electron chi connectivity index (χ1n) is 5.67. The lowest BCUT2D eigenvalue weighted by atomic mass is 10.3. The van der Waals surface area contributed by atoms with E-state index in [1.54, 1.807) is 0 Å². The fourth-order valence-corrected chi connectivity index (χ4v) is 5.21. The Balaban J connectivity index is 4.09. The van der Waals surface area contributed by atoms with E-state index in [0.717, 1.165) is 6.04 Å².